The molecule has 0 bridgehead atoms. The lowest BCUT2D eigenvalue weighted by molar-refractivity contribution is 0.496. The Balaban J connectivity index is 2.17. The molecule has 1 aromatic heterocycles. The number of nitrogens with one attached hydrogen (secondary N) is 1. The first-order chi connectivity index (χ1) is 8.56. The molecular formula is C14H18FN3. The van der Waals surface area contributed by atoms with Crippen LogP contribution in [0.2, 0.25) is 0 Å². The van der Waals surface area contributed by atoms with E-state index in [2.05, 4.69) is 23.8 Å². The standard InChI is InChI=1S/C14H18FN3/c1-9(2)7-12(16)14-17-8-13(18-14)10-3-5-11(15)6-4-10/h3-6,8-9,12H,7,16H2,1-2H3,(H,17,18). The molecule has 1 heterocycles. The zero-order valence-corrected chi connectivity index (χ0v) is 10.7. The van der Waals surface area contributed by atoms with Gasteiger partial charge in [0.1, 0.15) is 11.6 Å². The topological polar surface area (TPSA) is 54.7 Å². The normalized spacial score (nSPS) is 12.9. The van der Waals surface area contributed by atoms with Crippen LogP contribution in [-0.2, 0) is 0 Å². The summed E-state index contributed by atoms with van der Waals surface area (Å²) in [6, 6.07) is 6.23. The van der Waals surface area contributed by atoms with Gasteiger partial charge in [-0.25, -0.2) is 9.37 Å². The molecule has 1 aromatic carbocycles. The maximum absolute atomic E-state index is 12.8. The lowest BCUT2D eigenvalue weighted by atomic mass is 10.0. The molecule has 4 heteroatoms. The number of rotatable bonds is 4. The molecule has 3 nitrogen and oxygen atoms in total. The fraction of sp³-hybridized carbons (Fsp3) is 0.357. The number of halogens is 1. The van der Waals surface area contributed by atoms with E-state index in [0.29, 0.717) is 5.92 Å². The van der Waals surface area contributed by atoms with Crippen molar-refractivity contribution in [2.75, 3.05) is 0 Å². The summed E-state index contributed by atoms with van der Waals surface area (Å²) in [5.41, 5.74) is 7.83. The molecule has 0 aliphatic carbocycles. The smallest absolute Gasteiger partial charge is 0.123 e. The maximum atomic E-state index is 12.8. The van der Waals surface area contributed by atoms with E-state index in [-0.39, 0.29) is 11.9 Å². The van der Waals surface area contributed by atoms with Crippen molar-refractivity contribution in [3.63, 3.8) is 0 Å². The number of aromatic amines is 1. The van der Waals surface area contributed by atoms with Gasteiger partial charge in [-0.2, -0.15) is 0 Å². The van der Waals surface area contributed by atoms with Gasteiger partial charge < -0.3 is 10.7 Å². The minimum Gasteiger partial charge on any atom is -0.341 e. The molecule has 96 valence electrons. The van der Waals surface area contributed by atoms with Gasteiger partial charge in [0.05, 0.1) is 17.9 Å². The van der Waals surface area contributed by atoms with Gasteiger partial charge in [-0.1, -0.05) is 13.8 Å². The predicted octanol–water partition coefficient (Wildman–Crippen LogP) is 3.26. The predicted molar refractivity (Wildman–Crippen MR) is 70.4 cm³/mol. The Morgan fingerprint density at radius 1 is 1.28 bits per heavy atom. The van der Waals surface area contributed by atoms with Gasteiger partial charge in [-0.05, 0) is 42.2 Å². The second kappa shape index (κ2) is 5.31. The second-order valence-corrected chi connectivity index (χ2v) is 4.93. The van der Waals surface area contributed by atoms with Crippen molar-refractivity contribution in [2.45, 2.75) is 26.3 Å². The Hall–Kier alpha value is -1.68. The van der Waals surface area contributed by atoms with Gasteiger partial charge in [0.25, 0.3) is 0 Å². The van der Waals surface area contributed by atoms with E-state index in [4.69, 9.17) is 5.73 Å². The molecule has 0 saturated heterocycles. The molecule has 1 unspecified atom stereocenters. The van der Waals surface area contributed by atoms with E-state index in [1.807, 2.05) is 0 Å². The van der Waals surface area contributed by atoms with Gasteiger partial charge in [0.2, 0.25) is 0 Å². The quantitative estimate of drug-likeness (QED) is 0.871. The minimum atomic E-state index is -0.241. The monoisotopic (exact) mass is 247 g/mol. The van der Waals surface area contributed by atoms with E-state index in [0.717, 1.165) is 23.5 Å². The van der Waals surface area contributed by atoms with Crippen LogP contribution < -0.4 is 5.73 Å². The van der Waals surface area contributed by atoms with E-state index < -0.39 is 0 Å². The zero-order valence-electron chi connectivity index (χ0n) is 10.7. The van der Waals surface area contributed by atoms with Crippen LogP contribution >= 0.6 is 0 Å². The number of H-pyrrole nitrogens is 1. The number of benzene rings is 1. The zero-order chi connectivity index (χ0) is 13.1. The third-order valence-corrected chi connectivity index (χ3v) is 2.83. The van der Waals surface area contributed by atoms with Gasteiger partial charge in [-0.3, -0.25) is 0 Å². The first kappa shape index (κ1) is 12.8. The van der Waals surface area contributed by atoms with Crippen LogP contribution in [0.3, 0.4) is 0 Å². The Bertz CT molecular complexity index is 502. The molecule has 0 saturated carbocycles. The molecule has 0 amide bonds. The highest BCUT2D eigenvalue weighted by Gasteiger charge is 2.12. The molecule has 0 fully saturated rings. The summed E-state index contributed by atoms with van der Waals surface area (Å²) in [5, 5.41) is 0. The van der Waals surface area contributed by atoms with Crippen molar-refractivity contribution in [2.24, 2.45) is 11.7 Å². The summed E-state index contributed by atoms with van der Waals surface area (Å²) in [6.07, 6.45) is 2.62. The molecule has 0 aliphatic heterocycles. The molecule has 0 aliphatic rings. The first-order valence-electron chi connectivity index (χ1n) is 6.12. The lowest BCUT2D eigenvalue weighted by Gasteiger charge is -2.10. The number of imidazole rings is 1. The highest BCUT2D eigenvalue weighted by atomic mass is 19.1. The average Bonchev–Trinajstić information content (AvgIpc) is 2.78. The summed E-state index contributed by atoms with van der Waals surface area (Å²) in [5.74, 6) is 1.07. The Labute approximate surface area is 106 Å². The van der Waals surface area contributed by atoms with Crippen molar-refractivity contribution >= 4 is 0 Å². The van der Waals surface area contributed by atoms with Crippen molar-refractivity contribution in [3.8, 4) is 11.3 Å². The molecule has 3 N–H and O–H groups in total. The molecule has 18 heavy (non-hydrogen) atoms. The van der Waals surface area contributed by atoms with Crippen LogP contribution in [-0.4, -0.2) is 9.97 Å². The number of hydrogen-bond acceptors (Lipinski definition) is 2. The molecule has 2 rings (SSSR count). The Kier molecular flexibility index (Phi) is 3.77. The van der Waals surface area contributed by atoms with Crippen LogP contribution in [0.5, 0.6) is 0 Å². The van der Waals surface area contributed by atoms with Crippen LogP contribution in [0.1, 0.15) is 32.1 Å². The molecule has 0 radical (unpaired) electrons. The number of nitrogens with two attached hydrogens (primary N) is 1. The van der Waals surface area contributed by atoms with E-state index in [1.165, 1.54) is 12.1 Å². The Morgan fingerprint density at radius 3 is 2.56 bits per heavy atom. The van der Waals surface area contributed by atoms with E-state index in [1.54, 1.807) is 18.3 Å². The number of hydrogen-bond donors (Lipinski definition) is 2. The van der Waals surface area contributed by atoms with Gasteiger partial charge in [0, 0.05) is 0 Å². The van der Waals surface area contributed by atoms with Crippen molar-refractivity contribution in [3.05, 3.63) is 42.1 Å². The number of aromatic nitrogens is 2. The first-order valence-corrected chi connectivity index (χ1v) is 6.12. The third kappa shape index (κ3) is 2.96. The SMILES string of the molecule is CC(C)CC(N)c1ncc(-c2ccc(F)cc2)[nH]1. The Morgan fingerprint density at radius 2 is 1.94 bits per heavy atom. The number of nitrogens with zero attached hydrogens (tertiary/aromatic N) is 1. The second-order valence-electron chi connectivity index (χ2n) is 4.93. The molecular weight excluding hydrogens is 229 g/mol. The summed E-state index contributed by atoms with van der Waals surface area (Å²) >= 11 is 0. The van der Waals surface area contributed by atoms with Crippen LogP contribution in [0, 0.1) is 11.7 Å². The summed E-state index contributed by atoms with van der Waals surface area (Å²) in [4.78, 5) is 7.49. The van der Waals surface area contributed by atoms with Crippen molar-refractivity contribution in [1.82, 2.24) is 9.97 Å². The molecule has 1 atom stereocenters. The largest absolute Gasteiger partial charge is 0.341 e. The maximum Gasteiger partial charge on any atom is 0.123 e. The van der Waals surface area contributed by atoms with Gasteiger partial charge in [-0.15, -0.1) is 0 Å². The van der Waals surface area contributed by atoms with Gasteiger partial charge >= 0.3 is 0 Å². The fourth-order valence-electron chi connectivity index (χ4n) is 1.92. The average molecular weight is 247 g/mol. The highest BCUT2D eigenvalue weighted by molar-refractivity contribution is 5.58. The van der Waals surface area contributed by atoms with Gasteiger partial charge in [0.15, 0.2) is 0 Å². The minimum absolute atomic E-state index is 0.0841. The van der Waals surface area contributed by atoms with E-state index >= 15 is 0 Å². The molecule has 0 spiro atoms. The molecule has 2 aromatic rings. The van der Waals surface area contributed by atoms with E-state index in [9.17, 15) is 4.39 Å². The summed E-state index contributed by atoms with van der Waals surface area (Å²) in [6.45, 7) is 4.26. The lowest BCUT2D eigenvalue weighted by Crippen LogP contribution is -2.14. The summed E-state index contributed by atoms with van der Waals surface area (Å²) in [7, 11) is 0. The van der Waals surface area contributed by atoms with Crippen molar-refractivity contribution in [1.29, 1.82) is 0 Å². The van der Waals surface area contributed by atoms with Crippen molar-refractivity contribution < 1.29 is 4.39 Å². The van der Waals surface area contributed by atoms with Crippen LogP contribution in [0.15, 0.2) is 30.5 Å². The fourth-order valence-corrected chi connectivity index (χ4v) is 1.92. The van der Waals surface area contributed by atoms with Crippen LogP contribution in [0.25, 0.3) is 11.3 Å². The summed E-state index contributed by atoms with van der Waals surface area (Å²) < 4.78 is 12.8. The highest BCUT2D eigenvalue weighted by Crippen LogP contribution is 2.21. The third-order valence-electron chi connectivity index (χ3n) is 2.83. The van der Waals surface area contributed by atoms with Crippen LogP contribution in [0.4, 0.5) is 4.39 Å².